The summed E-state index contributed by atoms with van der Waals surface area (Å²) in [6.45, 7) is 1.93. The Kier molecular flexibility index (Phi) is 8.16. The fourth-order valence-electron chi connectivity index (χ4n) is 2.61. The molecule has 134 valence electrons. The molecule has 0 saturated carbocycles. The van der Waals surface area contributed by atoms with Crippen LogP contribution < -0.4 is 0 Å². The maximum absolute atomic E-state index is 12.2. The van der Waals surface area contributed by atoms with E-state index in [2.05, 4.69) is 0 Å². The fourth-order valence-corrected chi connectivity index (χ4v) is 4.26. The number of carboxylic acid groups (broad SMARTS) is 2. The van der Waals surface area contributed by atoms with E-state index in [9.17, 15) is 19.0 Å². The number of hydrogen-bond donors (Lipinski definition) is 3. The highest BCUT2D eigenvalue weighted by molar-refractivity contribution is 7.57. The van der Waals surface area contributed by atoms with Crippen molar-refractivity contribution in [2.24, 2.45) is 5.92 Å². The predicted octanol–water partition coefficient (Wildman–Crippen LogP) is 3.50. The Balaban J connectivity index is 2.40. The molecule has 1 aromatic carbocycles. The van der Waals surface area contributed by atoms with Crippen molar-refractivity contribution in [1.82, 2.24) is 0 Å². The Morgan fingerprint density at radius 3 is 2.46 bits per heavy atom. The molecule has 0 aliphatic carbocycles. The molecule has 0 aromatic heterocycles. The van der Waals surface area contributed by atoms with Crippen molar-refractivity contribution in [1.29, 1.82) is 0 Å². The summed E-state index contributed by atoms with van der Waals surface area (Å²) in [4.78, 5) is 31.7. The highest BCUT2D eigenvalue weighted by atomic mass is 31.2. The lowest BCUT2D eigenvalue weighted by Gasteiger charge is -2.14. The summed E-state index contributed by atoms with van der Waals surface area (Å²) in [5.74, 6) is -2.74. The Labute approximate surface area is 142 Å². The number of unbranched alkanes of at least 4 members (excludes halogenated alkanes) is 1. The van der Waals surface area contributed by atoms with Crippen LogP contribution in [-0.4, -0.2) is 33.2 Å². The number of benzene rings is 1. The summed E-state index contributed by atoms with van der Waals surface area (Å²) in [6.07, 6.45) is 1.45. The molecular formula is C17H25O6P. The van der Waals surface area contributed by atoms with Gasteiger partial charge in [-0.25, -0.2) is 0 Å². The normalized spacial score (nSPS) is 14.8. The SMILES string of the molecule is Cc1cccc(CP(=O)(O)CCCCC(CCC(=O)O)C(=O)O)c1. The molecule has 0 bridgehead atoms. The second kappa shape index (κ2) is 9.60. The minimum absolute atomic E-state index is 0.0880. The standard InChI is InChI=1S/C17H25O6P/c1-13-5-4-6-14(11-13)12-24(22,23)10-3-2-7-15(17(20)21)8-9-16(18)19/h4-6,11,15H,2-3,7-10,12H2,1H3,(H,18,19)(H,20,21)(H,22,23). The van der Waals surface area contributed by atoms with Gasteiger partial charge in [0.05, 0.1) is 5.92 Å². The molecular weight excluding hydrogens is 331 g/mol. The Bertz CT molecular complexity index is 613. The third-order valence-corrected chi connectivity index (χ3v) is 5.75. The average molecular weight is 356 g/mol. The van der Waals surface area contributed by atoms with Crippen LogP contribution in [0.15, 0.2) is 24.3 Å². The van der Waals surface area contributed by atoms with E-state index in [-0.39, 0.29) is 25.2 Å². The van der Waals surface area contributed by atoms with E-state index in [0.717, 1.165) is 11.1 Å². The molecule has 0 fully saturated rings. The summed E-state index contributed by atoms with van der Waals surface area (Å²) in [6, 6.07) is 7.48. The fraction of sp³-hybridized carbons (Fsp3) is 0.529. The number of aryl methyl sites for hydroxylation is 1. The highest BCUT2D eigenvalue weighted by Gasteiger charge is 2.21. The van der Waals surface area contributed by atoms with Gasteiger partial charge < -0.3 is 15.1 Å². The molecule has 0 radical (unpaired) electrons. The molecule has 2 unspecified atom stereocenters. The molecule has 0 aliphatic heterocycles. The van der Waals surface area contributed by atoms with E-state index in [1.54, 1.807) is 0 Å². The maximum Gasteiger partial charge on any atom is 0.306 e. The molecule has 1 aromatic rings. The average Bonchev–Trinajstić information content (AvgIpc) is 2.45. The zero-order valence-corrected chi connectivity index (χ0v) is 14.7. The van der Waals surface area contributed by atoms with Crippen LogP contribution in [0.5, 0.6) is 0 Å². The molecule has 2 atom stereocenters. The van der Waals surface area contributed by atoms with Gasteiger partial charge in [0.25, 0.3) is 0 Å². The lowest BCUT2D eigenvalue weighted by Crippen LogP contribution is -2.15. The van der Waals surface area contributed by atoms with E-state index < -0.39 is 25.2 Å². The van der Waals surface area contributed by atoms with Gasteiger partial charge in [0.15, 0.2) is 0 Å². The Hall–Kier alpha value is -1.65. The molecule has 0 amide bonds. The number of aliphatic carboxylic acids is 2. The van der Waals surface area contributed by atoms with Gasteiger partial charge in [-0.2, -0.15) is 0 Å². The first-order valence-electron chi connectivity index (χ1n) is 8.00. The van der Waals surface area contributed by atoms with E-state index in [1.807, 2.05) is 31.2 Å². The van der Waals surface area contributed by atoms with Crippen molar-refractivity contribution >= 4 is 19.3 Å². The van der Waals surface area contributed by atoms with Gasteiger partial charge in [0.2, 0.25) is 7.37 Å². The monoisotopic (exact) mass is 356 g/mol. The van der Waals surface area contributed by atoms with Crippen molar-refractivity contribution in [3.63, 3.8) is 0 Å². The van der Waals surface area contributed by atoms with E-state index in [4.69, 9.17) is 10.2 Å². The lowest BCUT2D eigenvalue weighted by molar-refractivity contribution is -0.143. The van der Waals surface area contributed by atoms with Crippen LogP contribution in [0.2, 0.25) is 0 Å². The van der Waals surface area contributed by atoms with Gasteiger partial charge in [0, 0.05) is 18.7 Å². The third-order valence-electron chi connectivity index (χ3n) is 3.88. The van der Waals surface area contributed by atoms with Gasteiger partial charge in [-0.1, -0.05) is 36.2 Å². The van der Waals surface area contributed by atoms with Crippen LogP contribution in [0.1, 0.15) is 43.2 Å². The highest BCUT2D eigenvalue weighted by Crippen LogP contribution is 2.45. The van der Waals surface area contributed by atoms with Crippen molar-refractivity contribution in [3.8, 4) is 0 Å². The van der Waals surface area contributed by atoms with Gasteiger partial charge in [-0.15, -0.1) is 0 Å². The predicted molar refractivity (Wildman–Crippen MR) is 91.4 cm³/mol. The first-order valence-corrected chi connectivity index (χ1v) is 10.0. The van der Waals surface area contributed by atoms with Gasteiger partial charge in [0.1, 0.15) is 0 Å². The van der Waals surface area contributed by atoms with Crippen LogP contribution >= 0.6 is 7.37 Å². The molecule has 1 rings (SSSR count). The van der Waals surface area contributed by atoms with Crippen molar-refractivity contribution in [2.45, 2.75) is 45.2 Å². The largest absolute Gasteiger partial charge is 0.481 e. The molecule has 0 saturated heterocycles. The molecule has 0 aliphatic rings. The summed E-state index contributed by atoms with van der Waals surface area (Å²) < 4.78 is 12.2. The first kappa shape index (κ1) is 20.4. The minimum Gasteiger partial charge on any atom is -0.481 e. The van der Waals surface area contributed by atoms with Crippen molar-refractivity contribution in [3.05, 3.63) is 35.4 Å². The Morgan fingerprint density at radius 1 is 1.17 bits per heavy atom. The second-order valence-corrected chi connectivity index (χ2v) is 8.64. The third kappa shape index (κ3) is 8.27. The van der Waals surface area contributed by atoms with Crippen molar-refractivity contribution < 1.29 is 29.3 Å². The molecule has 0 spiro atoms. The number of carboxylic acids is 2. The van der Waals surface area contributed by atoms with E-state index in [1.165, 1.54) is 0 Å². The zero-order valence-electron chi connectivity index (χ0n) is 13.9. The number of carbonyl (C=O) groups is 2. The van der Waals surface area contributed by atoms with Gasteiger partial charge >= 0.3 is 11.9 Å². The first-order chi connectivity index (χ1) is 11.2. The number of rotatable bonds is 11. The summed E-state index contributed by atoms with van der Waals surface area (Å²) in [5, 5.41) is 17.7. The molecule has 3 N–H and O–H groups in total. The van der Waals surface area contributed by atoms with Crippen LogP contribution in [0.25, 0.3) is 0 Å². The van der Waals surface area contributed by atoms with Crippen LogP contribution in [-0.2, 0) is 20.3 Å². The molecule has 24 heavy (non-hydrogen) atoms. The van der Waals surface area contributed by atoms with E-state index in [0.29, 0.717) is 19.3 Å². The summed E-state index contributed by atoms with van der Waals surface area (Å²) >= 11 is 0. The van der Waals surface area contributed by atoms with E-state index >= 15 is 0 Å². The summed E-state index contributed by atoms with van der Waals surface area (Å²) in [7, 11) is -3.29. The van der Waals surface area contributed by atoms with Crippen molar-refractivity contribution in [2.75, 3.05) is 6.16 Å². The zero-order chi connectivity index (χ0) is 18.2. The summed E-state index contributed by atoms with van der Waals surface area (Å²) in [5.41, 5.74) is 1.86. The van der Waals surface area contributed by atoms with Crippen LogP contribution in [0.4, 0.5) is 0 Å². The molecule has 0 heterocycles. The molecule has 7 heteroatoms. The maximum atomic E-state index is 12.2. The number of hydrogen-bond acceptors (Lipinski definition) is 3. The quantitative estimate of drug-likeness (QED) is 0.413. The van der Waals surface area contributed by atoms with Gasteiger partial charge in [-0.05, 0) is 31.7 Å². The van der Waals surface area contributed by atoms with Crippen LogP contribution in [0.3, 0.4) is 0 Å². The van der Waals surface area contributed by atoms with Gasteiger partial charge in [-0.3, -0.25) is 14.2 Å². The van der Waals surface area contributed by atoms with Crippen LogP contribution in [0, 0.1) is 12.8 Å². The smallest absolute Gasteiger partial charge is 0.306 e. The minimum atomic E-state index is -3.29. The molecule has 6 nitrogen and oxygen atoms in total. The second-order valence-electron chi connectivity index (χ2n) is 6.18. The topological polar surface area (TPSA) is 112 Å². The lowest BCUT2D eigenvalue weighted by atomic mass is 9.97. The Morgan fingerprint density at radius 2 is 1.88 bits per heavy atom.